The molecule has 0 aliphatic heterocycles. The summed E-state index contributed by atoms with van der Waals surface area (Å²) in [5.74, 6) is -0.119. The molecule has 1 N–H and O–H groups in total. The molecule has 1 atom stereocenters. The molecule has 16 heavy (non-hydrogen) atoms. The second kappa shape index (κ2) is 5.97. The molecule has 2 nitrogen and oxygen atoms in total. The Morgan fingerprint density at radius 1 is 1.44 bits per heavy atom. The molecular formula is C13H21FN2. The Bertz CT molecular complexity index is 339. The predicted molar refractivity (Wildman–Crippen MR) is 66.1 cm³/mol. The van der Waals surface area contributed by atoms with Crippen molar-refractivity contribution in [2.24, 2.45) is 0 Å². The van der Waals surface area contributed by atoms with E-state index in [1.54, 1.807) is 13.0 Å². The van der Waals surface area contributed by atoms with Gasteiger partial charge in [0.25, 0.3) is 0 Å². The van der Waals surface area contributed by atoms with Crippen molar-refractivity contribution in [2.75, 3.05) is 27.2 Å². The fourth-order valence-electron chi connectivity index (χ4n) is 1.61. The van der Waals surface area contributed by atoms with E-state index in [0.717, 1.165) is 18.7 Å². The SMILES string of the molecule is CNCCN(C)C(C)c1ccc(C)c(F)c1. The zero-order valence-electron chi connectivity index (χ0n) is 10.5. The van der Waals surface area contributed by atoms with Gasteiger partial charge in [-0.25, -0.2) is 4.39 Å². The number of aryl methyl sites for hydroxylation is 1. The van der Waals surface area contributed by atoms with E-state index in [-0.39, 0.29) is 11.9 Å². The summed E-state index contributed by atoms with van der Waals surface area (Å²) in [5, 5.41) is 3.11. The van der Waals surface area contributed by atoms with E-state index in [2.05, 4.69) is 24.2 Å². The quantitative estimate of drug-likeness (QED) is 0.826. The standard InChI is InChI=1S/C13H21FN2/c1-10-5-6-12(9-13(10)14)11(2)16(4)8-7-15-3/h5-6,9,11,15H,7-8H2,1-4H3. The van der Waals surface area contributed by atoms with Crippen molar-refractivity contribution >= 4 is 0 Å². The van der Waals surface area contributed by atoms with Gasteiger partial charge in [0.1, 0.15) is 5.82 Å². The van der Waals surface area contributed by atoms with Gasteiger partial charge in [-0.2, -0.15) is 0 Å². The van der Waals surface area contributed by atoms with Crippen LogP contribution in [0.1, 0.15) is 24.1 Å². The summed E-state index contributed by atoms with van der Waals surface area (Å²) >= 11 is 0. The van der Waals surface area contributed by atoms with Gasteiger partial charge in [0.05, 0.1) is 0 Å². The summed E-state index contributed by atoms with van der Waals surface area (Å²) in [6, 6.07) is 5.71. The monoisotopic (exact) mass is 224 g/mol. The minimum absolute atomic E-state index is 0.119. The van der Waals surface area contributed by atoms with Crippen LogP contribution in [0.25, 0.3) is 0 Å². The number of likely N-dealkylation sites (N-methyl/N-ethyl adjacent to an activating group) is 2. The van der Waals surface area contributed by atoms with Crippen LogP contribution in [0.2, 0.25) is 0 Å². The first kappa shape index (κ1) is 13.1. The Labute approximate surface area is 97.5 Å². The number of nitrogens with zero attached hydrogens (tertiary/aromatic N) is 1. The van der Waals surface area contributed by atoms with Crippen molar-refractivity contribution in [2.45, 2.75) is 19.9 Å². The molecule has 0 spiro atoms. The second-order valence-electron chi connectivity index (χ2n) is 4.27. The average molecular weight is 224 g/mol. The number of hydrogen-bond acceptors (Lipinski definition) is 2. The van der Waals surface area contributed by atoms with E-state index in [1.807, 2.05) is 19.2 Å². The van der Waals surface area contributed by atoms with Crippen molar-refractivity contribution in [3.05, 3.63) is 35.1 Å². The molecule has 0 saturated carbocycles. The van der Waals surface area contributed by atoms with Gasteiger partial charge in [0.15, 0.2) is 0 Å². The molecule has 0 aliphatic rings. The summed E-state index contributed by atoms with van der Waals surface area (Å²) in [4.78, 5) is 2.21. The fraction of sp³-hybridized carbons (Fsp3) is 0.538. The van der Waals surface area contributed by atoms with Crippen LogP contribution in [0.15, 0.2) is 18.2 Å². The van der Waals surface area contributed by atoms with Crippen LogP contribution in [-0.4, -0.2) is 32.1 Å². The third kappa shape index (κ3) is 3.29. The number of nitrogens with one attached hydrogen (secondary N) is 1. The highest BCUT2D eigenvalue weighted by Crippen LogP contribution is 2.20. The molecule has 0 saturated heterocycles. The van der Waals surface area contributed by atoms with Crippen LogP contribution in [0.4, 0.5) is 4.39 Å². The molecule has 0 heterocycles. The van der Waals surface area contributed by atoms with Crippen LogP contribution in [-0.2, 0) is 0 Å². The van der Waals surface area contributed by atoms with Crippen molar-refractivity contribution in [3.63, 3.8) is 0 Å². The Morgan fingerprint density at radius 2 is 2.12 bits per heavy atom. The lowest BCUT2D eigenvalue weighted by Gasteiger charge is -2.25. The Hall–Kier alpha value is -0.930. The first-order chi connectivity index (χ1) is 7.56. The number of rotatable bonds is 5. The molecular weight excluding hydrogens is 203 g/mol. The second-order valence-corrected chi connectivity index (χ2v) is 4.27. The number of halogens is 1. The molecule has 0 fully saturated rings. The van der Waals surface area contributed by atoms with Crippen LogP contribution >= 0.6 is 0 Å². The molecule has 90 valence electrons. The smallest absolute Gasteiger partial charge is 0.126 e. The molecule has 0 radical (unpaired) electrons. The van der Waals surface area contributed by atoms with Gasteiger partial charge in [0.2, 0.25) is 0 Å². The average Bonchev–Trinajstić information content (AvgIpc) is 2.28. The van der Waals surface area contributed by atoms with Crippen molar-refractivity contribution in [3.8, 4) is 0 Å². The Morgan fingerprint density at radius 3 is 2.69 bits per heavy atom. The minimum Gasteiger partial charge on any atom is -0.318 e. The van der Waals surface area contributed by atoms with Gasteiger partial charge in [-0.05, 0) is 45.1 Å². The first-order valence-corrected chi connectivity index (χ1v) is 5.67. The summed E-state index contributed by atoms with van der Waals surface area (Å²) in [6.45, 7) is 5.77. The van der Waals surface area contributed by atoms with Gasteiger partial charge < -0.3 is 5.32 Å². The number of hydrogen-bond donors (Lipinski definition) is 1. The van der Waals surface area contributed by atoms with Gasteiger partial charge in [0, 0.05) is 19.1 Å². The van der Waals surface area contributed by atoms with Crippen LogP contribution < -0.4 is 5.32 Å². The lowest BCUT2D eigenvalue weighted by atomic mass is 10.1. The highest BCUT2D eigenvalue weighted by atomic mass is 19.1. The number of benzene rings is 1. The topological polar surface area (TPSA) is 15.3 Å². The van der Waals surface area contributed by atoms with Crippen molar-refractivity contribution in [1.82, 2.24) is 10.2 Å². The minimum atomic E-state index is -0.119. The maximum Gasteiger partial charge on any atom is 0.126 e. The highest BCUT2D eigenvalue weighted by molar-refractivity contribution is 5.25. The fourth-order valence-corrected chi connectivity index (χ4v) is 1.61. The predicted octanol–water partition coefficient (Wildman–Crippen LogP) is 2.35. The zero-order valence-corrected chi connectivity index (χ0v) is 10.5. The molecule has 1 unspecified atom stereocenters. The van der Waals surface area contributed by atoms with Crippen molar-refractivity contribution in [1.29, 1.82) is 0 Å². The van der Waals surface area contributed by atoms with Crippen LogP contribution in [0.5, 0.6) is 0 Å². The van der Waals surface area contributed by atoms with E-state index in [9.17, 15) is 4.39 Å². The maximum absolute atomic E-state index is 13.4. The van der Waals surface area contributed by atoms with E-state index in [0.29, 0.717) is 5.56 Å². The zero-order chi connectivity index (χ0) is 12.1. The molecule has 0 aliphatic carbocycles. The largest absolute Gasteiger partial charge is 0.318 e. The summed E-state index contributed by atoms with van der Waals surface area (Å²) in [7, 11) is 3.99. The van der Waals surface area contributed by atoms with E-state index in [4.69, 9.17) is 0 Å². The molecule has 0 amide bonds. The highest BCUT2D eigenvalue weighted by Gasteiger charge is 2.12. The molecule has 0 aromatic heterocycles. The lowest BCUT2D eigenvalue weighted by molar-refractivity contribution is 0.263. The normalized spacial score (nSPS) is 13.1. The van der Waals surface area contributed by atoms with E-state index >= 15 is 0 Å². The van der Waals surface area contributed by atoms with Gasteiger partial charge in [-0.15, -0.1) is 0 Å². The Balaban J connectivity index is 2.71. The maximum atomic E-state index is 13.4. The van der Waals surface area contributed by atoms with Gasteiger partial charge in [-0.3, -0.25) is 4.90 Å². The van der Waals surface area contributed by atoms with E-state index in [1.165, 1.54) is 0 Å². The van der Waals surface area contributed by atoms with Crippen LogP contribution in [0, 0.1) is 12.7 Å². The molecule has 1 aromatic carbocycles. The molecule has 1 aromatic rings. The third-order valence-corrected chi connectivity index (χ3v) is 3.05. The van der Waals surface area contributed by atoms with Gasteiger partial charge in [-0.1, -0.05) is 12.1 Å². The summed E-state index contributed by atoms with van der Waals surface area (Å²) in [5.41, 5.74) is 1.73. The molecule has 1 rings (SSSR count). The Kier molecular flexibility index (Phi) is 4.90. The first-order valence-electron chi connectivity index (χ1n) is 5.67. The summed E-state index contributed by atoms with van der Waals surface area (Å²) < 4.78 is 13.4. The van der Waals surface area contributed by atoms with Gasteiger partial charge >= 0.3 is 0 Å². The van der Waals surface area contributed by atoms with Crippen LogP contribution in [0.3, 0.4) is 0 Å². The lowest BCUT2D eigenvalue weighted by Crippen LogP contribution is -2.29. The summed E-state index contributed by atoms with van der Waals surface area (Å²) in [6.07, 6.45) is 0. The van der Waals surface area contributed by atoms with Crippen molar-refractivity contribution < 1.29 is 4.39 Å². The third-order valence-electron chi connectivity index (χ3n) is 3.05. The molecule has 3 heteroatoms. The molecule has 0 bridgehead atoms. The van der Waals surface area contributed by atoms with E-state index < -0.39 is 0 Å².